The van der Waals surface area contributed by atoms with Crippen LogP contribution in [0.5, 0.6) is 0 Å². The highest BCUT2D eigenvalue weighted by atomic mass is 19.1. The fraction of sp³-hybridized carbons (Fsp3) is 0.562. The van der Waals surface area contributed by atoms with Crippen LogP contribution in [0.25, 0.3) is 0 Å². The molecule has 0 aromatic heterocycles. The second kappa shape index (κ2) is 6.35. The number of nitrogens with two attached hydrogens (primary N) is 1. The quantitative estimate of drug-likeness (QED) is 0.889. The van der Waals surface area contributed by atoms with Gasteiger partial charge in [0.15, 0.2) is 0 Å². The molecule has 0 aliphatic heterocycles. The van der Waals surface area contributed by atoms with Gasteiger partial charge in [0, 0.05) is 12.0 Å². The highest BCUT2D eigenvalue weighted by Gasteiger charge is 2.34. The zero-order valence-electron chi connectivity index (χ0n) is 12.0. The lowest BCUT2D eigenvalue weighted by Crippen LogP contribution is -2.46. The fourth-order valence-electron chi connectivity index (χ4n) is 3.03. The molecule has 0 radical (unpaired) electrons. The Kier molecular flexibility index (Phi) is 4.76. The van der Waals surface area contributed by atoms with Gasteiger partial charge in [-0.25, -0.2) is 4.39 Å². The number of hydrogen-bond acceptors (Lipinski definition) is 2. The first-order valence-electron chi connectivity index (χ1n) is 7.33. The summed E-state index contributed by atoms with van der Waals surface area (Å²) in [5.74, 6) is -0.364. The normalized spacial score (nSPS) is 19.4. The molecule has 0 unspecified atom stereocenters. The molecule has 0 heterocycles. The van der Waals surface area contributed by atoms with Crippen molar-refractivity contribution in [2.75, 3.05) is 6.54 Å². The molecule has 4 heteroatoms. The Labute approximate surface area is 119 Å². The minimum absolute atomic E-state index is 0.147. The highest BCUT2D eigenvalue weighted by Crippen LogP contribution is 2.39. The third-order valence-electron chi connectivity index (χ3n) is 4.26. The van der Waals surface area contributed by atoms with Gasteiger partial charge in [0.1, 0.15) is 5.82 Å². The maximum Gasteiger partial charge on any atom is 0.236 e. The van der Waals surface area contributed by atoms with Crippen LogP contribution in [0.4, 0.5) is 4.39 Å². The van der Waals surface area contributed by atoms with Gasteiger partial charge in [-0.05, 0) is 37.5 Å². The van der Waals surface area contributed by atoms with E-state index in [0.717, 1.165) is 31.2 Å². The van der Waals surface area contributed by atoms with E-state index < -0.39 is 6.04 Å². The Balaban J connectivity index is 2.19. The lowest BCUT2D eigenvalue weighted by atomic mass is 9.69. The summed E-state index contributed by atoms with van der Waals surface area (Å²) >= 11 is 0. The van der Waals surface area contributed by atoms with E-state index in [1.165, 1.54) is 12.5 Å². The monoisotopic (exact) mass is 278 g/mol. The van der Waals surface area contributed by atoms with Crippen molar-refractivity contribution < 1.29 is 9.18 Å². The predicted molar refractivity (Wildman–Crippen MR) is 77.8 cm³/mol. The Hall–Kier alpha value is -1.42. The Morgan fingerprint density at radius 2 is 2.10 bits per heavy atom. The van der Waals surface area contributed by atoms with E-state index in [1.54, 1.807) is 19.1 Å². The van der Waals surface area contributed by atoms with Crippen molar-refractivity contribution in [3.8, 4) is 0 Å². The standard InChI is InChI=1S/C16H23FN2O/c1-12(18)15(20)19-11-16(8-3-2-4-9-16)13-6-5-7-14(17)10-13/h5-7,10,12H,2-4,8-9,11,18H2,1H3,(H,19,20)/t12-/m1/s1. The summed E-state index contributed by atoms with van der Waals surface area (Å²) in [6.07, 6.45) is 5.40. The van der Waals surface area contributed by atoms with Crippen LogP contribution in [0.1, 0.15) is 44.6 Å². The van der Waals surface area contributed by atoms with Crippen LogP contribution in [-0.2, 0) is 10.2 Å². The number of carbonyl (C=O) groups is 1. The summed E-state index contributed by atoms with van der Waals surface area (Å²) in [7, 11) is 0. The van der Waals surface area contributed by atoms with Crippen LogP contribution >= 0.6 is 0 Å². The molecule has 1 amide bonds. The maximum absolute atomic E-state index is 13.5. The van der Waals surface area contributed by atoms with E-state index in [9.17, 15) is 9.18 Å². The molecule has 1 aliphatic rings. The zero-order valence-corrected chi connectivity index (χ0v) is 12.0. The van der Waals surface area contributed by atoms with Crippen LogP contribution in [0.2, 0.25) is 0 Å². The number of benzene rings is 1. The van der Waals surface area contributed by atoms with Crippen molar-refractivity contribution in [2.24, 2.45) is 5.73 Å². The average molecular weight is 278 g/mol. The molecule has 3 nitrogen and oxygen atoms in total. The van der Waals surface area contributed by atoms with Gasteiger partial charge in [0.05, 0.1) is 6.04 Å². The third kappa shape index (κ3) is 3.37. The van der Waals surface area contributed by atoms with E-state index in [-0.39, 0.29) is 17.1 Å². The van der Waals surface area contributed by atoms with Gasteiger partial charge in [-0.1, -0.05) is 31.4 Å². The summed E-state index contributed by atoms with van der Waals surface area (Å²) in [6, 6.07) is 6.26. The molecule has 1 aromatic carbocycles. The zero-order chi connectivity index (χ0) is 14.6. The predicted octanol–water partition coefficient (Wildman–Crippen LogP) is 2.49. The second-order valence-corrected chi connectivity index (χ2v) is 5.86. The first-order chi connectivity index (χ1) is 9.53. The number of hydrogen-bond donors (Lipinski definition) is 2. The molecule has 1 atom stereocenters. The molecular weight excluding hydrogens is 255 g/mol. The van der Waals surface area contributed by atoms with Crippen molar-refractivity contribution in [3.63, 3.8) is 0 Å². The molecule has 20 heavy (non-hydrogen) atoms. The van der Waals surface area contributed by atoms with Gasteiger partial charge < -0.3 is 11.1 Å². The van der Waals surface area contributed by atoms with Gasteiger partial charge in [0.25, 0.3) is 0 Å². The summed E-state index contributed by atoms with van der Waals surface area (Å²) in [5, 5.41) is 2.92. The first kappa shape index (κ1) is 15.0. The lowest BCUT2D eigenvalue weighted by Gasteiger charge is -2.38. The van der Waals surface area contributed by atoms with E-state index in [2.05, 4.69) is 5.32 Å². The summed E-state index contributed by atoms with van der Waals surface area (Å²) in [4.78, 5) is 11.7. The number of amides is 1. The molecular formula is C16H23FN2O. The molecule has 0 saturated heterocycles. The van der Waals surface area contributed by atoms with Crippen molar-refractivity contribution in [1.82, 2.24) is 5.32 Å². The topological polar surface area (TPSA) is 55.1 Å². The Morgan fingerprint density at radius 3 is 2.70 bits per heavy atom. The molecule has 1 fully saturated rings. The highest BCUT2D eigenvalue weighted by molar-refractivity contribution is 5.81. The van der Waals surface area contributed by atoms with Crippen molar-refractivity contribution in [2.45, 2.75) is 50.5 Å². The largest absolute Gasteiger partial charge is 0.354 e. The Morgan fingerprint density at radius 1 is 1.40 bits per heavy atom. The molecule has 0 spiro atoms. The van der Waals surface area contributed by atoms with Gasteiger partial charge in [-0.3, -0.25) is 4.79 Å². The van der Waals surface area contributed by atoms with Crippen molar-refractivity contribution in [3.05, 3.63) is 35.6 Å². The number of halogens is 1. The SMILES string of the molecule is C[C@@H](N)C(=O)NCC1(c2cccc(F)c2)CCCCC1. The number of rotatable bonds is 4. The Bertz CT molecular complexity index is 467. The second-order valence-electron chi connectivity index (χ2n) is 5.86. The van der Waals surface area contributed by atoms with Crippen LogP contribution in [0, 0.1) is 5.82 Å². The minimum atomic E-state index is -0.511. The van der Waals surface area contributed by atoms with Gasteiger partial charge in [0.2, 0.25) is 5.91 Å². The summed E-state index contributed by atoms with van der Waals surface area (Å²) in [6.45, 7) is 2.21. The molecule has 110 valence electrons. The molecule has 3 N–H and O–H groups in total. The third-order valence-corrected chi connectivity index (χ3v) is 4.26. The molecule has 1 aliphatic carbocycles. The van der Waals surface area contributed by atoms with Crippen LogP contribution in [0.3, 0.4) is 0 Å². The van der Waals surface area contributed by atoms with Crippen LogP contribution in [-0.4, -0.2) is 18.5 Å². The van der Waals surface area contributed by atoms with E-state index in [1.807, 2.05) is 6.07 Å². The van der Waals surface area contributed by atoms with E-state index in [0.29, 0.717) is 6.54 Å². The van der Waals surface area contributed by atoms with Crippen molar-refractivity contribution in [1.29, 1.82) is 0 Å². The summed E-state index contributed by atoms with van der Waals surface area (Å²) < 4.78 is 13.5. The smallest absolute Gasteiger partial charge is 0.236 e. The summed E-state index contributed by atoms with van der Waals surface area (Å²) in [5.41, 5.74) is 6.43. The molecule has 2 rings (SSSR count). The number of carbonyl (C=O) groups excluding carboxylic acids is 1. The lowest BCUT2D eigenvalue weighted by molar-refractivity contribution is -0.122. The van der Waals surface area contributed by atoms with Gasteiger partial charge in [-0.15, -0.1) is 0 Å². The van der Waals surface area contributed by atoms with Crippen LogP contribution < -0.4 is 11.1 Å². The van der Waals surface area contributed by atoms with Gasteiger partial charge >= 0.3 is 0 Å². The first-order valence-corrected chi connectivity index (χ1v) is 7.33. The fourth-order valence-corrected chi connectivity index (χ4v) is 3.03. The average Bonchev–Trinajstić information content (AvgIpc) is 2.45. The maximum atomic E-state index is 13.5. The molecule has 0 bridgehead atoms. The van der Waals surface area contributed by atoms with E-state index >= 15 is 0 Å². The van der Waals surface area contributed by atoms with Crippen LogP contribution in [0.15, 0.2) is 24.3 Å². The molecule has 1 saturated carbocycles. The molecule has 1 aromatic rings. The van der Waals surface area contributed by atoms with E-state index in [4.69, 9.17) is 5.73 Å². The van der Waals surface area contributed by atoms with Crippen molar-refractivity contribution >= 4 is 5.91 Å². The number of nitrogens with one attached hydrogen (secondary N) is 1. The van der Waals surface area contributed by atoms with Gasteiger partial charge in [-0.2, -0.15) is 0 Å². The minimum Gasteiger partial charge on any atom is -0.354 e.